The highest BCUT2D eigenvalue weighted by Gasteiger charge is 2.12. The van der Waals surface area contributed by atoms with Gasteiger partial charge in [0, 0.05) is 4.47 Å². The normalized spacial score (nSPS) is 13.3. The van der Waals surface area contributed by atoms with Gasteiger partial charge in [-0.1, -0.05) is 41.9 Å². The zero-order valence-corrected chi connectivity index (χ0v) is 9.71. The summed E-state index contributed by atoms with van der Waals surface area (Å²) in [6.07, 6.45) is 0. The first-order valence-corrected chi connectivity index (χ1v) is 5.40. The van der Waals surface area contributed by atoms with Crippen LogP contribution in [0.4, 0.5) is 0 Å². The van der Waals surface area contributed by atoms with E-state index in [-0.39, 0.29) is 0 Å². The molecule has 0 aromatic heterocycles. The van der Waals surface area contributed by atoms with Crippen LogP contribution in [0.5, 0.6) is 0 Å². The monoisotopic (exact) mass is 241 g/mol. The lowest BCUT2D eigenvalue weighted by molar-refractivity contribution is 0.506. The predicted molar refractivity (Wildman–Crippen MR) is 60.8 cm³/mol. The molecule has 0 unspecified atom stereocenters. The molecule has 1 aromatic carbocycles. The molecule has 0 radical (unpaired) electrons. The maximum absolute atomic E-state index is 5.73. The molecule has 1 aromatic rings. The van der Waals surface area contributed by atoms with Crippen LogP contribution >= 0.6 is 15.9 Å². The topological polar surface area (TPSA) is 26.0 Å². The fourth-order valence-electron chi connectivity index (χ4n) is 1.50. The van der Waals surface area contributed by atoms with E-state index >= 15 is 0 Å². The van der Waals surface area contributed by atoms with Crippen molar-refractivity contribution in [2.24, 2.45) is 11.7 Å². The summed E-state index contributed by atoms with van der Waals surface area (Å²) in [5, 5.41) is 0. The first-order chi connectivity index (χ1) is 6.15. The van der Waals surface area contributed by atoms with Gasteiger partial charge in [-0.15, -0.1) is 0 Å². The Balaban J connectivity index is 2.86. The molecule has 2 N–H and O–H groups in total. The van der Waals surface area contributed by atoms with Crippen LogP contribution in [-0.2, 0) is 0 Å². The molecule has 0 saturated heterocycles. The first kappa shape index (κ1) is 10.7. The summed E-state index contributed by atoms with van der Waals surface area (Å²) in [6, 6.07) is 8.42. The molecule has 0 aliphatic carbocycles. The average molecular weight is 242 g/mol. The summed E-state index contributed by atoms with van der Waals surface area (Å²) in [5.74, 6) is 1.08. The predicted octanol–water partition coefficient (Wildman–Crippen LogP) is 3.15. The van der Waals surface area contributed by atoms with Crippen LogP contribution in [0.25, 0.3) is 0 Å². The van der Waals surface area contributed by atoms with Gasteiger partial charge in [0.05, 0.1) is 0 Å². The molecule has 0 heterocycles. The van der Waals surface area contributed by atoms with E-state index in [2.05, 4.69) is 54.0 Å². The summed E-state index contributed by atoms with van der Waals surface area (Å²) < 4.78 is 1.12. The molecule has 0 amide bonds. The van der Waals surface area contributed by atoms with Crippen LogP contribution in [0.3, 0.4) is 0 Å². The lowest BCUT2D eigenvalue weighted by Crippen LogP contribution is -2.17. The summed E-state index contributed by atoms with van der Waals surface area (Å²) >= 11 is 3.42. The quantitative estimate of drug-likeness (QED) is 0.865. The molecule has 0 fully saturated rings. The third kappa shape index (κ3) is 2.82. The number of hydrogen-bond acceptors (Lipinski definition) is 1. The maximum atomic E-state index is 5.73. The Bertz CT molecular complexity index is 253. The number of benzene rings is 1. The number of nitrogens with two attached hydrogens (primary N) is 1. The standard InChI is InChI=1S/C11H16BrN/c1-8(2)11(7-13)9-3-5-10(12)6-4-9/h3-6,8,11H,7,13H2,1-2H3/t11-/m0/s1. The van der Waals surface area contributed by atoms with E-state index in [9.17, 15) is 0 Å². The van der Waals surface area contributed by atoms with Gasteiger partial charge in [0.15, 0.2) is 0 Å². The Labute approximate surface area is 88.5 Å². The van der Waals surface area contributed by atoms with Crippen LogP contribution in [0, 0.1) is 5.92 Å². The Morgan fingerprint density at radius 2 is 1.77 bits per heavy atom. The lowest BCUT2D eigenvalue weighted by atomic mass is 9.89. The van der Waals surface area contributed by atoms with E-state index in [4.69, 9.17) is 5.73 Å². The van der Waals surface area contributed by atoms with Gasteiger partial charge in [0.2, 0.25) is 0 Å². The van der Waals surface area contributed by atoms with Crippen molar-refractivity contribution in [2.75, 3.05) is 6.54 Å². The molecule has 0 spiro atoms. The van der Waals surface area contributed by atoms with Crippen LogP contribution in [0.1, 0.15) is 25.3 Å². The largest absolute Gasteiger partial charge is 0.330 e. The highest BCUT2D eigenvalue weighted by molar-refractivity contribution is 9.10. The van der Waals surface area contributed by atoms with E-state index in [1.54, 1.807) is 0 Å². The molecule has 0 saturated carbocycles. The molecule has 1 atom stereocenters. The van der Waals surface area contributed by atoms with Gasteiger partial charge < -0.3 is 5.73 Å². The fourth-order valence-corrected chi connectivity index (χ4v) is 1.77. The summed E-state index contributed by atoms with van der Waals surface area (Å²) in [6.45, 7) is 5.14. The van der Waals surface area contributed by atoms with Crippen molar-refractivity contribution < 1.29 is 0 Å². The maximum Gasteiger partial charge on any atom is 0.0175 e. The zero-order valence-electron chi connectivity index (χ0n) is 8.13. The second-order valence-corrected chi connectivity index (χ2v) is 4.55. The second kappa shape index (κ2) is 4.77. The van der Waals surface area contributed by atoms with Gasteiger partial charge in [-0.25, -0.2) is 0 Å². The second-order valence-electron chi connectivity index (χ2n) is 3.64. The van der Waals surface area contributed by atoms with E-state index in [0.29, 0.717) is 11.8 Å². The van der Waals surface area contributed by atoms with Gasteiger partial charge in [-0.3, -0.25) is 0 Å². The highest BCUT2D eigenvalue weighted by Crippen LogP contribution is 2.24. The molecular formula is C11H16BrN. The zero-order chi connectivity index (χ0) is 9.84. The number of halogens is 1. The molecule has 72 valence electrons. The highest BCUT2D eigenvalue weighted by atomic mass is 79.9. The van der Waals surface area contributed by atoms with Crippen LogP contribution in [-0.4, -0.2) is 6.54 Å². The van der Waals surface area contributed by atoms with Gasteiger partial charge in [-0.2, -0.15) is 0 Å². The minimum atomic E-state index is 0.480. The Hall–Kier alpha value is -0.340. The smallest absolute Gasteiger partial charge is 0.0175 e. The van der Waals surface area contributed by atoms with Crippen molar-refractivity contribution in [2.45, 2.75) is 19.8 Å². The lowest BCUT2D eigenvalue weighted by Gasteiger charge is -2.19. The minimum absolute atomic E-state index is 0.480. The van der Waals surface area contributed by atoms with Gasteiger partial charge >= 0.3 is 0 Å². The molecule has 2 heteroatoms. The van der Waals surface area contributed by atoms with Crippen molar-refractivity contribution in [3.05, 3.63) is 34.3 Å². The first-order valence-electron chi connectivity index (χ1n) is 4.60. The van der Waals surface area contributed by atoms with Gasteiger partial charge in [-0.05, 0) is 36.1 Å². The average Bonchev–Trinajstić information content (AvgIpc) is 2.09. The summed E-state index contributed by atoms with van der Waals surface area (Å²) in [4.78, 5) is 0. The van der Waals surface area contributed by atoms with Crippen molar-refractivity contribution in [3.8, 4) is 0 Å². The Morgan fingerprint density at radius 1 is 1.23 bits per heavy atom. The molecular weight excluding hydrogens is 226 g/mol. The summed E-state index contributed by atoms with van der Waals surface area (Å²) in [7, 11) is 0. The minimum Gasteiger partial charge on any atom is -0.330 e. The molecule has 13 heavy (non-hydrogen) atoms. The molecule has 0 aliphatic heterocycles. The fraction of sp³-hybridized carbons (Fsp3) is 0.455. The van der Waals surface area contributed by atoms with Crippen LogP contribution < -0.4 is 5.73 Å². The van der Waals surface area contributed by atoms with Crippen LogP contribution in [0.2, 0.25) is 0 Å². The third-order valence-electron chi connectivity index (χ3n) is 2.36. The van der Waals surface area contributed by atoms with Crippen molar-refractivity contribution in [1.29, 1.82) is 0 Å². The Kier molecular flexibility index (Phi) is 3.94. The van der Waals surface area contributed by atoms with Gasteiger partial charge in [0.1, 0.15) is 0 Å². The van der Waals surface area contributed by atoms with Crippen molar-refractivity contribution >= 4 is 15.9 Å². The Morgan fingerprint density at radius 3 is 2.15 bits per heavy atom. The summed E-state index contributed by atoms with van der Waals surface area (Å²) in [5.41, 5.74) is 7.07. The number of hydrogen-bond donors (Lipinski definition) is 1. The van der Waals surface area contributed by atoms with E-state index in [1.165, 1.54) is 5.56 Å². The molecule has 1 nitrogen and oxygen atoms in total. The van der Waals surface area contributed by atoms with E-state index in [1.807, 2.05) is 0 Å². The number of rotatable bonds is 3. The van der Waals surface area contributed by atoms with Crippen molar-refractivity contribution in [3.63, 3.8) is 0 Å². The SMILES string of the molecule is CC(C)[C@H](CN)c1ccc(Br)cc1. The van der Waals surface area contributed by atoms with Crippen LogP contribution in [0.15, 0.2) is 28.7 Å². The molecule has 1 rings (SSSR count). The molecule has 0 aliphatic rings. The van der Waals surface area contributed by atoms with E-state index in [0.717, 1.165) is 11.0 Å². The van der Waals surface area contributed by atoms with Gasteiger partial charge in [0.25, 0.3) is 0 Å². The van der Waals surface area contributed by atoms with Crippen molar-refractivity contribution in [1.82, 2.24) is 0 Å². The third-order valence-corrected chi connectivity index (χ3v) is 2.89. The molecule has 0 bridgehead atoms. The van der Waals surface area contributed by atoms with E-state index < -0.39 is 0 Å².